The Kier molecular flexibility index (Phi) is 2.82. The summed E-state index contributed by atoms with van der Waals surface area (Å²) >= 11 is 0. The van der Waals surface area contributed by atoms with E-state index < -0.39 is 12.0 Å². The lowest BCUT2D eigenvalue weighted by atomic mass is 10.1. The first kappa shape index (κ1) is 10.2. The van der Waals surface area contributed by atoms with Crippen molar-refractivity contribution < 1.29 is 13.5 Å². The van der Waals surface area contributed by atoms with Crippen molar-refractivity contribution in [1.29, 1.82) is 5.26 Å². The molecular formula is C8H7F2N3O. The number of anilines is 1. The van der Waals surface area contributed by atoms with Gasteiger partial charge < -0.3 is 10.5 Å². The molecule has 74 valence electrons. The summed E-state index contributed by atoms with van der Waals surface area (Å²) in [5, 5.41) is 8.56. The highest BCUT2D eigenvalue weighted by molar-refractivity contribution is 5.57. The Morgan fingerprint density at radius 2 is 2.29 bits per heavy atom. The van der Waals surface area contributed by atoms with Crippen LogP contribution in [0.3, 0.4) is 0 Å². The minimum Gasteiger partial charge on any atom is -0.492 e. The van der Waals surface area contributed by atoms with Gasteiger partial charge in [-0.25, -0.2) is 13.8 Å². The smallest absolute Gasteiger partial charge is 0.268 e. The van der Waals surface area contributed by atoms with Gasteiger partial charge in [-0.05, 0) is 0 Å². The van der Waals surface area contributed by atoms with Crippen molar-refractivity contribution in [2.45, 2.75) is 6.43 Å². The largest absolute Gasteiger partial charge is 0.492 e. The molecule has 0 unspecified atom stereocenters. The van der Waals surface area contributed by atoms with E-state index in [9.17, 15) is 8.78 Å². The molecule has 0 aliphatic rings. The van der Waals surface area contributed by atoms with Gasteiger partial charge in [0.1, 0.15) is 6.07 Å². The van der Waals surface area contributed by atoms with E-state index in [0.29, 0.717) is 0 Å². The fourth-order valence-electron chi connectivity index (χ4n) is 1.04. The minimum absolute atomic E-state index is 0.151. The Labute approximate surface area is 78.9 Å². The molecule has 1 rings (SSSR count). The SMILES string of the molecule is COc1c(N)ncc(C#N)c1C(F)F. The van der Waals surface area contributed by atoms with Crippen LogP contribution in [-0.4, -0.2) is 12.1 Å². The summed E-state index contributed by atoms with van der Waals surface area (Å²) in [5.74, 6) is -0.388. The first-order chi connectivity index (χ1) is 6.61. The van der Waals surface area contributed by atoms with Crippen LogP contribution in [0.25, 0.3) is 0 Å². The Hall–Kier alpha value is -1.90. The zero-order valence-corrected chi connectivity index (χ0v) is 7.29. The zero-order chi connectivity index (χ0) is 10.7. The third-order valence-electron chi connectivity index (χ3n) is 1.64. The van der Waals surface area contributed by atoms with Gasteiger partial charge in [0.25, 0.3) is 6.43 Å². The zero-order valence-electron chi connectivity index (χ0n) is 7.29. The lowest BCUT2D eigenvalue weighted by Gasteiger charge is -2.10. The Balaban J connectivity index is 3.46. The molecule has 0 saturated heterocycles. The van der Waals surface area contributed by atoms with Crippen LogP contribution in [0.15, 0.2) is 6.20 Å². The third-order valence-corrected chi connectivity index (χ3v) is 1.64. The summed E-state index contributed by atoms with van der Waals surface area (Å²) in [7, 11) is 1.19. The van der Waals surface area contributed by atoms with Crippen molar-refractivity contribution >= 4 is 5.82 Å². The average molecular weight is 199 g/mol. The number of rotatable bonds is 2. The van der Waals surface area contributed by atoms with Gasteiger partial charge >= 0.3 is 0 Å². The number of methoxy groups -OCH3 is 1. The van der Waals surface area contributed by atoms with E-state index in [4.69, 9.17) is 11.0 Å². The van der Waals surface area contributed by atoms with Crippen LogP contribution in [0.1, 0.15) is 17.6 Å². The molecule has 0 aliphatic carbocycles. The van der Waals surface area contributed by atoms with Crippen LogP contribution in [0.4, 0.5) is 14.6 Å². The Bertz CT molecular complexity index is 387. The molecule has 0 bridgehead atoms. The molecule has 0 fully saturated rings. The summed E-state index contributed by atoms with van der Waals surface area (Å²) in [5.41, 5.74) is 4.57. The molecular weight excluding hydrogens is 192 g/mol. The fraction of sp³-hybridized carbons (Fsp3) is 0.250. The summed E-state index contributed by atoms with van der Waals surface area (Å²) in [6.07, 6.45) is -1.82. The van der Waals surface area contributed by atoms with Crippen LogP contribution >= 0.6 is 0 Å². The topological polar surface area (TPSA) is 71.9 Å². The first-order valence-electron chi connectivity index (χ1n) is 3.62. The predicted octanol–water partition coefficient (Wildman–Crippen LogP) is 1.48. The highest BCUT2D eigenvalue weighted by atomic mass is 19.3. The summed E-state index contributed by atoms with van der Waals surface area (Å²) < 4.78 is 29.7. The standard InChI is InChI=1S/C8H7F2N3O/c1-14-6-5(7(9)10)4(2-11)3-13-8(6)12/h3,7H,1H3,(H2,12,13). The number of halogens is 2. The van der Waals surface area contributed by atoms with Gasteiger partial charge in [-0.3, -0.25) is 0 Å². The number of aromatic nitrogens is 1. The van der Waals surface area contributed by atoms with Gasteiger partial charge in [-0.2, -0.15) is 5.26 Å². The molecule has 1 aromatic heterocycles. The van der Waals surface area contributed by atoms with Gasteiger partial charge in [0.15, 0.2) is 11.6 Å². The Morgan fingerprint density at radius 3 is 2.71 bits per heavy atom. The van der Waals surface area contributed by atoms with E-state index >= 15 is 0 Å². The monoisotopic (exact) mass is 199 g/mol. The number of ether oxygens (including phenoxy) is 1. The van der Waals surface area contributed by atoms with Crippen LogP contribution in [0, 0.1) is 11.3 Å². The van der Waals surface area contributed by atoms with E-state index in [1.807, 2.05) is 0 Å². The van der Waals surface area contributed by atoms with Gasteiger partial charge in [0.05, 0.1) is 18.2 Å². The molecule has 0 aromatic carbocycles. The predicted molar refractivity (Wildman–Crippen MR) is 44.9 cm³/mol. The van der Waals surface area contributed by atoms with Gasteiger partial charge in [0, 0.05) is 6.20 Å². The number of nitrogens with zero attached hydrogens (tertiary/aromatic N) is 2. The molecule has 0 spiro atoms. The number of nitrogen functional groups attached to an aromatic ring is 1. The number of nitrogens with two attached hydrogens (primary N) is 1. The molecule has 0 amide bonds. The normalized spacial score (nSPS) is 9.93. The van der Waals surface area contributed by atoms with Crippen LogP contribution < -0.4 is 10.5 Å². The number of alkyl halides is 2. The van der Waals surface area contributed by atoms with Crippen LogP contribution in [0.5, 0.6) is 5.75 Å². The second-order valence-corrected chi connectivity index (χ2v) is 2.42. The summed E-state index contributed by atoms with van der Waals surface area (Å²) in [4.78, 5) is 3.56. The van der Waals surface area contributed by atoms with Crippen molar-refractivity contribution in [2.24, 2.45) is 0 Å². The van der Waals surface area contributed by atoms with Crippen molar-refractivity contribution in [1.82, 2.24) is 4.98 Å². The quantitative estimate of drug-likeness (QED) is 0.782. The maximum absolute atomic E-state index is 12.5. The molecule has 1 aromatic rings. The third kappa shape index (κ3) is 1.57. The second-order valence-electron chi connectivity index (χ2n) is 2.42. The molecule has 2 N–H and O–H groups in total. The number of hydrogen-bond acceptors (Lipinski definition) is 4. The van der Waals surface area contributed by atoms with E-state index in [1.54, 1.807) is 6.07 Å². The van der Waals surface area contributed by atoms with Crippen molar-refractivity contribution in [3.05, 3.63) is 17.3 Å². The average Bonchev–Trinajstić information content (AvgIpc) is 2.17. The lowest BCUT2D eigenvalue weighted by Crippen LogP contribution is -2.03. The van der Waals surface area contributed by atoms with Crippen molar-refractivity contribution in [2.75, 3.05) is 12.8 Å². The van der Waals surface area contributed by atoms with E-state index in [1.165, 1.54) is 7.11 Å². The van der Waals surface area contributed by atoms with Gasteiger partial charge in [-0.15, -0.1) is 0 Å². The van der Waals surface area contributed by atoms with Crippen molar-refractivity contribution in [3.8, 4) is 11.8 Å². The number of nitriles is 1. The van der Waals surface area contributed by atoms with Gasteiger partial charge in [0.2, 0.25) is 0 Å². The minimum atomic E-state index is -2.81. The number of pyridine rings is 1. The highest BCUT2D eigenvalue weighted by Crippen LogP contribution is 2.34. The molecule has 14 heavy (non-hydrogen) atoms. The maximum Gasteiger partial charge on any atom is 0.268 e. The van der Waals surface area contributed by atoms with Crippen molar-refractivity contribution in [3.63, 3.8) is 0 Å². The summed E-state index contributed by atoms with van der Waals surface area (Å²) in [6.45, 7) is 0. The Morgan fingerprint density at radius 1 is 1.64 bits per heavy atom. The highest BCUT2D eigenvalue weighted by Gasteiger charge is 2.21. The maximum atomic E-state index is 12.5. The van der Waals surface area contributed by atoms with Crippen LogP contribution in [-0.2, 0) is 0 Å². The first-order valence-corrected chi connectivity index (χ1v) is 3.62. The fourth-order valence-corrected chi connectivity index (χ4v) is 1.04. The molecule has 0 atom stereocenters. The molecule has 4 nitrogen and oxygen atoms in total. The second kappa shape index (κ2) is 3.87. The molecule has 1 heterocycles. The molecule has 0 saturated carbocycles. The summed E-state index contributed by atoms with van der Waals surface area (Å²) in [6, 6.07) is 1.60. The number of hydrogen-bond donors (Lipinski definition) is 1. The van der Waals surface area contributed by atoms with Gasteiger partial charge in [-0.1, -0.05) is 0 Å². The van der Waals surface area contributed by atoms with Crippen LogP contribution in [0.2, 0.25) is 0 Å². The molecule has 0 radical (unpaired) electrons. The molecule has 6 heteroatoms. The lowest BCUT2D eigenvalue weighted by molar-refractivity contribution is 0.146. The van der Waals surface area contributed by atoms with E-state index in [-0.39, 0.29) is 17.1 Å². The van der Waals surface area contributed by atoms with E-state index in [0.717, 1.165) is 6.20 Å². The molecule has 0 aliphatic heterocycles. The van der Waals surface area contributed by atoms with E-state index in [2.05, 4.69) is 9.72 Å².